The van der Waals surface area contributed by atoms with Crippen LogP contribution in [0, 0.1) is 11.8 Å². The largest absolute Gasteiger partial charge is 0.471 e. The molecule has 0 aromatic carbocycles. The number of halogens is 3. The lowest BCUT2D eigenvalue weighted by Gasteiger charge is -2.31. The van der Waals surface area contributed by atoms with E-state index in [0.717, 1.165) is 5.57 Å². The molecule has 1 heterocycles. The Balaban J connectivity index is 2.39. The maximum Gasteiger partial charge on any atom is 0.471 e. The molecular formula is C15H23F3N2O2. The van der Waals surface area contributed by atoms with Crippen molar-refractivity contribution in [2.24, 2.45) is 11.8 Å². The highest BCUT2D eigenvalue weighted by atomic mass is 19.4. The zero-order chi connectivity index (χ0) is 16.9. The van der Waals surface area contributed by atoms with Gasteiger partial charge in [-0.1, -0.05) is 19.4 Å². The molecule has 0 radical (unpaired) electrons. The van der Waals surface area contributed by atoms with Gasteiger partial charge in [-0.15, -0.1) is 0 Å². The van der Waals surface area contributed by atoms with Gasteiger partial charge in [0.15, 0.2) is 0 Å². The van der Waals surface area contributed by atoms with Crippen LogP contribution in [-0.2, 0) is 9.59 Å². The highest BCUT2D eigenvalue weighted by molar-refractivity contribution is 5.88. The molecule has 0 aromatic rings. The van der Waals surface area contributed by atoms with E-state index in [1.807, 2.05) is 26.1 Å². The van der Waals surface area contributed by atoms with Crippen LogP contribution in [-0.4, -0.2) is 42.5 Å². The van der Waals surface area contributed by atoms with Crippen molar-refractivity contribution in [3.63, 3.8) is 0 Å². The quantitative estimate of drug-likeness (QED) is 0.809. The Labute approximate surface area is 128 Å². The van der Waals surface area contributed by atoms with Gasteiger partial charge in [-0.2, -0.15) is 13.2 Å². The summed E-state index contributed by atoms with van der Waals surface area (Å²) in [6.07, 6.45) is -2.02. The van der Waals surface area contributed by atoms with E-state index >= 15 is 0 Å². The van der Waals surface area contributed by atoms with Gasteiger partial charge in [0.2, 0.25) is 5.91 Å². The SMILES string of the molecule is C/C(=C\C(=O)N1CCC(CNC(=O)C(F)(F)F)CC1)C(C)C. The number of nitrogens with one attached hydrogen (secondary N) is 1. The van der Waals surface area contributed by atoms with Crippen LogP contribution < -0.4 is 5.32 Å². The average Bonchev–Trinajstić information content (AvgIpc) is 2.43. The van der Waals surface area contributed by atoms with Crippen molar-refractivity contribution in [2.75, 3.05) is 19.6 Å². The maximum absolute atomic E-state index is 12.1. The molecule has 0 unspecified atom stereocenters. The fourth-order valence-electron chi connectivity index (χ4n) is 2.15. The Bertz CT molecular complexity index is 437. The van der Waals surface area contributed by atoms with Crippen molar-refractivity contribution in [2.45, 2.75) is 39.8 Å². The minimum Gasteiger partial charge on any atom is -0.348 e. The first-order valence-corrected chi connectivity index (χ1v) is 7.43. The molecule has 1 aliphatic rings. The van der Waals surface area contributed by atoms with Gasteiger partial charge in [0.25, 0.3) is 0 Å². The molecular weight excluding hydrogens is 297 g/mol. The maximum atomic E-state index is 12.1. The van der Waals surface area contributed by atoms with Gasteiger partial charge in [0.05, 0.1) is 0 Å². The number of rotatable bonds is 4. The predicted octanol–water partition coefficient (Wildman–Crippen LogP) is 2.51. The summed E-state index contributed by atoms with van der Waals surface area (Å²) in [5, 5.41) is 1.90. The third kappa shape index (κ3) is 5.69. The summed E-state index contributed by atoms with van der Waals surface area (Å²) in [5.74, 6) is -1.67. The van der Waals surface area contributed by atoms with Crippen molar-refractivity contribution in [3.8, 4) is 0 Å². The molecule has 0 bridgehead atoms. The fourth-order valence-corrected chi connectivity index (χ4v) is 2.15. The van der Waals surface area contributed by atoms with Gasteiger partial charge in [-0.25, -0.2) is 0 Å². The van der Waals surface area contributed by atoms with E-state index in [0.29, 0.717) is 31.8 Å². The lowest BCUT2D eigenvalue weighted by atomic mass is 9.96. The van der Waals surface area contributed by atoms with Crippen molar-refractivity contribution in [1.29, 1.82) is 0 Å². The lowest BCUT2D eigenvalue weighted by Crippen LogP contribution is -2.43. The molecule has 22 heavy (non-hydrogen) atoms. The normalized spacial score (nSPS) is 17.8. The number of likely N-dealkylation sites (tertiary alicyclic amines) is 1. The first kappa shape index (κ1) is 18.5. The van der Waals surface area contributed by atoms with Crippen molar-refractivity contribution in [1.82, 2.24) is 10.2 Å². The fraction of sp³-hybridized carbons (Fsp3) is 0.733. The number of alkyl halides is 3. The van der Waals surface area contributed by atoms with Crippen LogP contribution in [0.4, 0.5) is 13.2 Å². The van der Waals surface area contributed by atoms with Crippen LogP contribution >= 0.6 is 0 Å². The zero-order valence-corrected chi connectivity index (χ0v) is 13.2. The van der Waals surface area contributed by atoms with Crippen LogP contribution in [0.25, 0.3) is 0 Å². The number of nitrogens with zero attached hydrogens (tertiary/aromatic N) is 1. The lowest BCUT2D eigenvalue weighted by molar-refractivity contribution is -0.173. The van der Waals surface area contributed by atoms with Crippen molar-refractivity contribution >= 4 is 11.8 Å². The number of piperidine rings is 1. The Morgan fingerprint density at radius 2 is 1.82 bits per heavy atom. The van der Waals surface area contributed by atoms with Crippen LogP contribution in [0.5, 0.6) is 0 Å². The Morgan fingerprint density at radius 3 is 2.27 bits per heavy atom. The summed E-state index contributed by atoms with van der Waals surface area (Å²) in [5.41, 5.74) is 1.00. The van der Waals surface area contributed by atoms with E-state index in [9.17, 15) is 22.8 Å². The number of allylic oxidation sites excluding steroid dienone is 1. The van der Waals surface area contributed by atoms with Gasteiger partial charge < -0.3 is 10.2 Å². The number of hydrogen-bond acceptors (Lipinski definition) is 2. The number of amides is 2. The van der Waals surface area contributed by atoms with E-state index in [1.165, 1.54) is 0 Å². The summed E-state index contributed by atoms with van der Waals surface area (Å²) in [6.45, 7) is 6.94. The van der Waals surface area contributed by atoms with Gasteiger partial charge >= 0.3 is 12.1 Å². The van der Waals surface area contributed by atoms with Crippen molar-refractivity contribution in [3.05, 3.63) is 11.6 Å². The van der Waals surface area contributed by atoms with E-state index in [1.54, 1.807) is 11.0 Å². The second kappa shape index (κ2) is 7.65. The molecule has 126 valence electrons. The topological polar surface area (TPSA) is 49.4 Å². The van der Waals surface area contributed by atoms with Crippen LogP contribution in [0.1, 0.15) is 33.6 Å². The summed E-state index contributed by atoms with van der Waals surface area (Å²) >= 11 is 0. The molecule has 1 N–H and O–H groups in total. The molecule has 1 aliphatic heterocycles. The first-order chi connectivity index (χ1) is 10.1. The third-order valence-electron chi connectivity index (χ3n) is 4.00. The summed E-state index contributed by atoms with van der Waals surface area (Å²) in [4.78, 5) is 24.5. The van der Waals surface area contributed by atoms with Crippen molar-refractivity contribution < 1.29 is 22.8 Å². The molecule has 0 aliphatic carbocycles. The van der Waals surface area contributed by atoms with Crippen LogP contribution in [0.15, 0.2) is 11.6 Å². The summed E-state index contributed by atoms with van der Waals surface area (Å²) < 4.78 is 36.3. The van der Waals surface area contributed by atoms with E-state index in [2.05, 4.69) is 0 Å². The molecule has 1 fully saturated rings. The van der Waals surface area contributed by atoms with E-state index in [-0.39, 0.29) is 18.4 Å². The minimum absolute atomic E-state index is 0.00123. The molecule has 0 saturated carbocycles. The van der Waals surface area contributed by atoms with Gasteiger partial charge in [0, 0.05) is 25.7 Å². The molecule has 0 atom stereocenters. The summed E-state index contributed by atoms with van der Waals surface area (Å²) in [6, 6.07) is 0. The standard InChI is InChI=1S/C15H23F3N2O2/c1-10(2)11(3)8-13(21)20-6-4-12(5-7-20)9-19-14(22)15(16,17)18/h8,10,12H,4-7,9H2,1-3H3,(H,19,22)/b11-8+. The first-order valence-electron chi connectivity index (χ1n) is 7.43. The smallest absolute Gasteiger partial charge is 0.348 e. The minimum atomic E-state index is -4.84. The Kier molecular flexibility index (Phi) is 6.44. The van der Waals surface area contributed by atoms with Crippen LogP contribution in [0.3, 0.4) is 0 Å². The Morgan fingerprint density at radius 1 is 1.27 bits per heavy atom. The molecule has 4 nitrogen and oxygen atoms in total. The molecule has 1 rings (SSSR count). The predicted molar refractivity (Wildman–Crippen MR) is 77.0 cm³/mol. The van der Waals surface area contributed by atoms with Gasteiger partial charge in [-0.3, -0.25) is 9.59 Å². The van der Waals surface area contributed by atoms with E-state index in [4.69, 9.17) is 0 Å². The molecule has 7 heteroatoms. The van der Waals surface area contributed by atoms with Gasteiger partial charge in [-0.05, 0) is 31.6 Å². The average molecular weight is 320 g/mol. The molecule has 0 aromatic heterocycles. The molecule has 0 spiro atoms. The molecule has 1 saturated heterocycles. The highest BCUT2D eigenvalue weighted by Gasteiger charge is 2.38. The second-order valence-corrected chi connectivity index (χ2v) is 6.02. The second-order valence-electron chi connectivity index (χ2n) is 6.02. The zero-order valence-electron chi connectivity index (χ0n) is 13.2. The number of hydrogen-bond donors (Lipinski definition) is 1. The molecule has 2 amide bonds. The van der Waals surface area contributed by atoms with E-state index < -0.39 is 12.1 Å². The Hall–Kier alpha value is -1.53. The third-order valence-corrected chi connectivity index (χ3v) is 4.00. The number of carbonyl (C=O) groups excluding carboxylic acids is 2. The van der Waals surface area contributed by atoms with Crippen LogP contribution in [0.2, 0.25) is 0 Å². The summed E-state index contributed by atoms with van der Waals surface area (Å²) in [7, 11) is 0. The number of carbonyl (C=O) groups is 2. The highest BCUT2D eigenvalue weighted by Crippen LogP contribution is 2.19. The monoisotopic (exact) mass is 320 g/mol. The van der Waals surface area contributed by atoms with Gasteiger partial charge in [0.1, 0.15) is 0 Å².